The maximum atomic E-state index is 13.5. The quantitative estimate of drug-likeness (QED) is 0.478. The second kappa shape index (κ2) is 7.66. The van der Waals surface area contributed by atoms with Gasteiger partial charge in [0, 0.05) is 23.2 Å². The van der Waals surface area contributed by atoms with Crippen LogP contribution < -0.4 is 16.4 Å². The fourth-order valence-corrected chi connectivity index (χ4v) is 5.37. The Bertz CT molecular complexity index is 1420. The number of rotatable bonds is 3. The molecule has 1 aliphatic rings. The minimum Gasteiger partial charge on any atom is -0.397 e. The molecule has 4 N–H and O–H groups in total. The first-order valence-corrected chi connectivity index (χ1v) is 11.3. The maximum Gasteiger partial charge on any atom is 0.270 e. The third-order valence-electron chi connectivity index (χ3n) is 5.99. The molecule has 158 valence electrons. The Morgan fingerprint density at radius 3 is 2.66 bits per heavy atom. The van der Waals surface area contributed by atoms with Gasteiger partial charge in [-0.1, -0.05) is 49.4 Å². The smallest absolute Gasteiger partial charge is 0.270 e. The molecule has 0 fully saturated rings. The molecular weight excluding hydrogens is 418 g/mol. The molecule has 4 aromatic rings. The monoisotopic (exact) mass is 439 g/mol. The van der Waals surface area contributed by atoms with Crippen molar-refractivity contribution in [2.75, 3.05) is 22.9 Å². The van der Waals surface area contributed by atoms with Crippen molar-refractivity contribution in [3.05, 3.63) is 70.1 Å². The van der Waals surface area contributed by atoms with Crippen LogP contribution in [0.5, 0.6) is 0 Å². The summed E-state index contributed by atoms with van der Waals surface area (Å²) in [5, 5.41) is 10.4. The standard InChI is InChI=1S/C25H21N5OS/c1-2-14-7-9-16(10-8-14)19-17(13-26)23(28)29-24-20(19)21(27)22(32-24)25(31)30-12-11-15-5-3-4-6-18(15)30/h3-10H,2,11-12,27H2,1H3,(H2,28,29). The number of hydrogen-bond donors (Lipinski definition) is 2. The lowest BCUT2D eigenvalue weighted by Crippen LogP contribution is -2.28. The van der Waals surface area contributed by atoms with E-state index >= 15 is 0 Å². The Morgan fingerprint density at radius 2 is 1.94 bits per heavy atom. The van der Waals surface area contributed by atoms with Crippen LogP contribution >= 0.6 is 11.3 Å². The van der Waals surface area contributed by atoms with Crippen LogP contribution in [0.4, 0.5) is 17.2 Å². The number of anilines is 3. The molecule has 3 heterocycles. The number of nitrogens with two attached hydrogens (primary N) is 2. The first-order valence-electron chi connectivity index (χ1n) is 10.4. The van der Waals surface area contributed by atoms with Gasteiger partial charge in [0.1, 0.15) is 27.2 Å². The molecule has 1 aliphatic heterocycles. The number of hydrogen-bond acceptors (Lipinski definition) is 6. The van der Waals surface area contributed by atoms with Crippen molar-refractivity contribution in [1.29, 1.82) is 5.26 Å². The van der Waals surface area contributed by atoms with Gasteiger partial charge in [0.15, 0.2) is 0 Å². The van der Waals surface area contributed by atoms with Crippen molar-refractivity contribution in [2.24, 2.45) is 0 Å². The van der Waals surface area contributed by atoms with Crippen LogP contribution in [0.3, 0.4) is 0 Å². The summed E-state index contributed by atoms with van der Waals surface area (Å²) < 4.78 is 0. The van der Waals surface area contributed by atoms with Gasteiger partial charge >= 0.3 is 0 Å². The first-order chi connectivity index (χ1) is 15.5. The molecule has 0 saturated carbocycles. The second-order valence-corrected chi connectivity index (χ2v) is 8.77. The molecule has 7 heteroatoms. The number of nitrogens with zero attached hydrogens (tertiary/aromatic N) is 3. The summed E-state index contributed by atoms with van der Waals surface area (Å²) in [6.07, 6.45) is 1.72. The average Bonchev–Trinajstić information content (AvgIpc) is 3.39. The zero-order chi connectivity index (χ0) is 22.4. The number of nitrogen functional groups attached to an aromatic ring is 2. The van der Waals surface area contributed by atoms with Gasteiger partial charge in [0.05, 0.1) is 5.69 Å². The highest BCUT2D eigenvalue weighted by Gasteiger charge is 2.30. The molecule has 0 atom stereocenters. The summed E-state index contributed by atoms with van der Waals surface area (Å²) >= 11 is 1.23. The molecule has 32 heavy (non-hydrogen) atoms. The molecule has 1 amide bonds. The topological polar surface area (TPSA) is 109 Å². The SMILES string of the molecule is CCc1ccc(-c2c(C#N)c(N)nc3sc(C(=O)N4CCc5ccccc54)c(N)c23)cc1. The fraction of sp³-hybridized carbons (Fsp3) is 0.160. The van der Waals surface area contributed by atoms with Crippen molar-refractivity contribution < 1.29 is 4.79 Å². The lowest BCUT2D eigenvalue weighted by molar-refractivity contribution is 0.0994. The fourth-order valence-electron chi connectivity index (χ4n) is 4.31. The van der Waals surface area contributed by atoms with Gasteiger partial charge in [0.2, 0.25) is 0 Å². The highest BCUT2D eigenvalue weighted by atomic mass is 32.1. The van der Waals surface area contributed by atoms with E-state index in [4.69, 9.17) is 11.5 Å². The zero-order valence-electron chi connectivity index (χ0n) is 17.6. The van der Waals surface area contributed by atoms with Gasteiger partial charge in [-0.05, 0) is 35.6 Å². The highest BCUT2D eigenvalue weighted by Crippen LogP contribution is 2.43. The van der Waals surface area contributed by atoms with Gasteiger partial charge in [-0.3, -0.25) is 4.79 Å². The van der Waals surface area contributed by atoms with E-state index in [0.717, 1.165) is 29.7 Å². The van der Waals surface area contributed by atoms with Crippen molar-refractivity contribution in [3.63, 3.8) is 0 Å². The zero-order valence-corrected chi connectivity index (χ0v) is 18.4. The molecule has 0 spiro atoms. The van der Waals surface area contributed by atoms with Crippen LogP contribution in [-0.4, -0.2) is 17.4 Å². The Morgan fingerprint density at radius 1 is 1.19 bits per heavy atom. The summed E-state index contributed by atoms with van der Waals surface area (Å²) in [7, 11) is 0. The summed E-state index contributed by atoms with van der Waals surface area (Å²) in [6.45, 7) is 2.69. The molecule has 0 radical (unpaired) electrons. The summed E-state index contributed by atoms with van der Waals surface area (Å²) in [5.74, 6) is -0.0128. The van der Waals surface area contributed by atoms with Crippen molar-refractivity contribution in [2.45, 2.75) is 19.8 Å². The van der Waals surface area contributed by atoms with E-state index in [0.29, 0.717) is 32.9 Å². The number of nitriles is 1. The van der Waals surface area contributed by atoms with Crippen LogP contribution in [-0.2, 0) is 12.8 Å². The van der Waals surface area contributed by atoms with Crippen LogP contribution in [0.25, 0.3) is 21.3 Å². The van der Waals surface area contributed by atoms with E-state index in [2.05, 4.69) is 18.0 Å². The number of carbonyl (C=O) groups excluding carboxylic acids is 1. The Kier molecular flexibility index (Phi) is 4.80. The predicted octanol–water partition coefficient (Wildman–Crippen LogP) is 4.76. The van der Waals surface area contributed by atoms with Crippen molar-refractivity contribution in [1.82, 2.24) is 4.98 Å². The summed E-state index contributed by atoms with van der Waals surface area (Å²) in [4.78, 5) is 20.7. The molecule has 0 aliphatic carbocycles. The number of carbonyl (C=O) groups is 1. The number of para-hydroxylation sites is 1. The molecule has 5 rings (SSSR count). The minimum atomic E-state index is -0.153. The van der Waals surface area contributed by atoms with Crippen molar-refractivity contribution >= 4 is 44.7 Å². The van der Waals surface area contributed by atoms with Gasteiger partial charge < -0.3 is 16.4 Å². The first kappa shape index (κ1) is 20.0. The molecular formula is C25H21N5OS. The minimum absolute atomic E-state index is 0.140. The Balaban J connectivity index is 1.70. The largest absolute Gasteiger partial charge is 0.397 e. The van der Waals surface area contributed by atoms with Gasteiger partial charge in [-0.25, -0.2) is 4.98 Å². The van der Waals surface area contributed by atoms with Crippen LogP contribution in [0.1, 0.15) is 33.3 Å². The molecule has 0 bridgehead atoms. The highest BCUT2D eigenvalue weighted by molar-refractivity contribution is 7.21. The number of thiophene rings is 1. The number of aromatic nitrogens is 1. The molecule has 2 aromatic carbocycles. The third kappa shape index (κ3) is 3.00. The summed E-state index contributed by atoms with van der Waals surface area (Å²) in [6, 6.07) is 18.1. The van der Waals surface area contributed by atoms with E-state index in [1.165, 1.54) is 16.9 Å². The maximum absolute atomic E-state index is 13.5. The summed E-state index contributed by atoms with van der Waals surface area (Å²) in [5.41, 5.74) is 18.0. The number of fused-ring (bicyclic) bond motifs is 2. The van der Waals surface area contributed by atoms with Gasteiger partial charge in [0.25, 0.3) is 5.91 Å². The normalized spacial score (nSPS) is 12.7. The van der Waals surface area contributed by atoms with E-state index in [1.54, 1.807) is 4.90 Å². The predicted molar refractivity (Wildman–Crippen MR) is 130 cm³/mol. The number of amides is 1. The van der Waals surface area contributed by atoms with Crippen LogP contribution in [0.15, 0.2) is 48.5 Å². The van der Waals surface area contributed by atoms with Crippen LogP contribution in [0.2, 0.25) is 0 Å². The molecule has 0 saturated heterocycles. The number of benzene rings is 2. The lowest BCUT2D eigenvalue weighted by Gasteiger charge is -2.16. The van der Waals surface area contributed by atoms with Crippen LogP contribution in [0, 0.1) is 11.3 Å². The average molecular weight is 440 g/mol. The number of pyridine rings is 1. The van der Waals surface area contributed by atoms with Gasteiger partial charge in [-0.2, -0.15) is 5.26 Å². The molecule has 6 nitrogen and oxygen atoms in total. The second-order valence-electron chi connectivity index (χ2n) is 7.77. The van der Waals surface area contributed by atoms with E-state index in [9.17, 15) is 10.1 Å². The van der Waals surface area contributed by atoms with E-state index in [1.807, 2.05) is 48.5 Å². The lowest BCUT2D eigenvalue weighted by atomic mass is 9.96. The van der Waals surface area contributed by atoms with Crippen molar-refractivity contribution in [3.8, 4) is 17.2 Å². The van der Waals surface area contributed by atoms with Gasteiger partial charge in [-0.15, -0.1) is 11.3 Å². The Labute approximate surface area is 189 Å². The number of aryl methyl sites for hydroxylation is 1. The van der Waals surface area contributed by atoms with E-state index < -0.39 is 0 Å². The molecule has 0 unspecified atom stereocenters. The molecule has 2 aromatic heterocycles. The van der Waals surface area contributed by atoms with E-state index in [-0.39, 0.29) is 17.3 Å². The third-order valence-corrected chi connectivity index (χ3v) is 7.08. The Hall–Kier alpha value is -3.89.